The highest BCUT2D eigenvalue weighted by atomic mass is 16.6. The minimum Gasteiger partial charge on any atom is -0.460 e. The molecule has 1 fully saturated rings. The second kappa shape index (κ2) is 6.18. The molecule has 0 saturated carbocycles. The summed E-state index contributed by atoms with van der Waals surface area (Å²) < 4.78 is 14.4. The molecule has 0 aromatic heterocycles. The lowest BCUT2D eigenvalue weighted by molar-refractivity contribution is -0.180. The maximum absolute atomic E-state index is 11.4. The zero-order valence-electron chi connectivity index (χ0n) is 10.4. The zero-order valence-corrected chi connectivity index (χ0v) is 10.4. The fourth-order valence-corrected chi connectivity index (χ4v) is 1.38. The van der Waals surface area contributed by atoms with Crippen molar-refractivity contribution in [3.05, 3.63) is 12.2 Å². The van der Waals surface area contributed by atoms with Gasteiger partial charge in [-0.3, -0.25) is 0 Å². The molecule has 100 valence electrons. The maximum Gasteiger partial charge on any atom is 0.347 e. The van der Waals surface area contributed by atoms with Crippen LogP contribution < -0.4 is 0 Å². The lowest BCUT2D eigenvalue weighted by Gasteiger charge is -2.25. The monoisotopic (exact) mass is 256 g/mol. The Morgan fingerprint density at radius 3 is 2.67 bits per heavy atom. The largest absolute Gasteiger partial charge is 0.460 e. The van der Waals surface area contributed by atoms with Crippen LogP contribution in [0.2, 0.25) is 0 Å². The lowest BCUT2D eigenvalue weighted by atomic mass is 10.1. The van der Waals surface area contributed by atoms with E-state index < -0.39 is 30.6 Å². The molecule has 0 aromatic carbocycles. The summed E-state index contributed by atoms with van der Waals surface area (Å²) in [6, 6.07) is 0. The minimum absolute atomic E-state index is 0.159. The summed E-state index contributed by atoms with van der Waals surface area (Å²) in [5.74, 6) is -2.01. The van der Waals surface area contributed by atoms with Crippen LogP contribution in [0.15, 0.2) is 12.2 Å². The van der Waals surface area contributed by atoms with Crippen LogP contribution in [0, 0.1) is 0 Å². The first-order valence-electron chi connectivity index (χ1n) is 5.62. The Balaban J connectivity index is 2.34. The highest BCUT2D eigenvalue weighted by molar-refractivity contribution is 5.89. The molecule has 0 bridgehead atoms. The van der Waals surface area contributed by atoms with Crippen LogP contribution in [0.4, 0.5) is 0 Å². The SMILES string of the molecule is C=C(C)C(=O)OCC(=O)OC1CCC(C)OC1=O. The van der Waals surface area contributed by atoms with Crippen LogP contribution in [-0.4, -0.2) is 36.7 Å². The van der Waals surface area contributed by atoms with Crippen molar-refractivity contribution in [1.29, 1.82) is 0 Å². The van der Waals surface area contributed by atoms with Crippen LogP contribution in [0.5, 0.6) is 0 Å². The van der Waals surface area contributed by atoms with Gasteiger partial charge in [0.15, 0.2) is 12.7 Å². The van der Waals surface area contributed by atoms with Crippen molar-refractivity contribution in [3.8, 4) is 0 Å². The van der Waals surface area contributed by atoms with Gasteiger partial charge >= 0.3 is 17.9 Å². The molecule has 0 aliphatic carbocycles. The van der Waals surface area contributed by atoms with Crippen LogP contribution in [0.1, 0.15) is 26.7 Å². The maximum atomic E-state index is 11.4. The van der Waals surface area contributed by atoms with Crippen LogP contribution >= 0.6 is 0 Å². The van der Waals surface area contributed by atoms with E-state index in [0.29, 0.717) is 12.8 Å². The second-order valence-electron chi connectivity index (χ2n) is 4.16. The summed E-state index contributed by atoms with van der Waals surface area (Å²) in [6.45, 7) is 6.07. The third kappa shape index (κ3) is 4.20. The van der Waals surface area contributed by atoms with Crippen molar-refractivity contribution in [2.45, 2.75) is 38.9 Å². The van der Waals surface area contributed by atoms with E-state index in [0.717, 1.165) is 0 Å². The Morgan fingerprint density at radius 1 is 1.44 bits per heavy atom. The van der Waals surface area contributed by atoms with Gasteiger partial charge in [0.1, 0.15) is 0 Å². The van der Waals surface area contributed by atoms with Crippen molar-refractivity contribution in [3.63, 3.8) is 0 Å². The molecule has 1 aliphatic rings. The van der Waals surface area contributed by atoms with Gasteiger partial charge in [-0.25, -0.2) is 14.4 Å². The van der Waals surface area contributed by atoms with Crippen LogP contribution in [0.3, 0.4) is 0 Å². The summed E-state index contributed by atoms with van der Waals surface area (Å²) in [7, 11) is 0. The summed E-state index contributed by atoms with van der Waals surface area (Å²) >= 11 is 0. The van der Waals surface area contributed by atoms with Crippen molar-refractivity contribution < 1.29 is 28.6 Å². The van der Waals surface area contributed by atoms with E-state index in [2.05, 4.69) is 11.3 Å². The molecule has 1 aliphatic heterocycles. The third-order valence-corrected chi connectivity index (χ3v) is 2.36. The van der Waals surface area contributed by atoms with Gasteiger partial charge in [-0.15, -0.1) is 0 Å². The highest BCUT2D eigenvalue weighted by Crippen LogP contribution is 2.17. The molecule has 1 rings (SSSR count). The number of carbonyl (C=O) groups is 3. The molecule has 2 unspecified atom stereocenters. The standard InChI is InChI=1S/C12H16O6/c1-7(2)11(14)16-6-10(13)18-9-5-4-8(3)17-12(9)15/h8-9H,1,4-6H2,2-3H3. The van der Waals surface area contributed by atoms with Crippen molar-refractivity contribution >= 4 is 17.9 Å². The molecule has 0 aromatic rings. The average Bonchev–Trinajstić information content (AvgIpc) is 2.29. The molecule has 6 nitrogen and oxygen atoms in total. The Kier molecular flexibility index (Phi) is 4.88. The van der Waals surface area contributed by atoms with E-state index in [1.165, 1.54) is 6.92 Å². The van der Waals surface area contributed by atoms with Gasteiger partial charge in [0.05, 0.1) is 6.10 Å². The molecule has 2 atom stereocenters. The van der Waals surface area contributed by atoms with E-state index in [1.807, 2.05) is 0 Å². The summed E-state index contributed by atoms with van der Waals surface area (Å²) in [6.07, 6.45) is -0.0130. The molecular weight excluding hydrogens is 240 g/mol. The fourth-order valence-electron chi connectivity index (χ4n) is 1.38. The number of ether oxygens (including phenoxy) is 3. The minimum atomic E-state index is -0.905. The van der Waals surface area contributed by atoms with Gasteiger partial charge in [-0.2, -0.15) is 0 Å². The van der Waals surface area contributed by atoms with E-state index >= 15 is 0 Å². The molecule has 1 heterocycles. The fraction of sp³-hybridized carbons (Fsp3) is 0.583. The first kappa shape index (κ1) is 14.2. The molecule has 0 radical (unpaired) electrons. The normalized spacial score (nSPS) is 22.9. The van der Waals surface area contributed by atoms with Crippen molar-refractivity contribution in [2.75, 3.05) is 6.61 Å². The number of cyclic esters (lactones) is 1. The van der Waals surface area contributed by atoms with E-state index in [-0.39, 0.29) is 11.7 Å². The van der Waals surface area contributed by atoms with Gasteiger partial charge in [0.2, 0.25) is 0 Å². The molecule has 6 heteroatoms. The number of carbonyl (C=O) groups excluding carboxylic acids is 3. The van der Waals surface area contributed by atoms with Crippen molar-refractivity contribution in [2.24, 2.45) is 0 Å². The van der Waals surface area contributed by atoms with Gasteiger partial charge < -0.3 is 14.2 Å². The predicted octanol–water partition coefficient (Wildman–Crippen LogP) is 0.743. The molecular formula is C12H16O6. The smallest absolute Gasteiger partial charge is 0.347 e. The van der Waals surface area contributed by atoms with Gasteiger partial charge in [0.25, 0.3) is 0 Å². The molecule has 1 saturated heterocycles. The van der Waals surface area contributed by atoms with Crippen LogP contribution in [-0.2, 0) is 28.6 Å². The quantitative estimate of drug-likeness (QED) is 0.419. The predicted molar refractivity (Wildman–Crippen MR) is 60.4 cm³/mol. The van der Waals surface area contributed by atoms with Gasteiger partial charge in [-0.05, 0) is 26.7 Å². The molecule has 0 N–H and O–H groups in total. The Bertz CT molecular complexity index is 373. The Morgan fingerprint density at radius 2 is 2.11 bits per heavy atom. The average molecular weight is 256 g/mol. The second-order valence-corrected chi connectivity index (χ2v) is 4.16. The number of hydrogen-bond donors (Lipinski definition) is 0. The highest BCUT2D eigenvalue weighted by Gasteiger charge is 2.31. The summed E-state index contributed by atoms with van der Waals surface area (Å²) in [4.78, 5) is 33.7. The van der Waals surface area contributed by atoms with E-state index in [1.54, 1.807) is 6.92 Å². The molecule has 18 heavy (non-hydrogen) atoms. The first-order valence-corrected chi connectivity index (χ1v) is 5.62. The number of hydrogen-bond acceptors (Lipinski definition) is 6. The van der Waals surface area contributed by atoms with Crippen LogP contribution in [0.25, 0.3) is 0 Å². The topological polar surface area (TPSA) is 78.9 Å². The van der Waals surface area contributed by atoms with Gasteiger partial charge in [0, 0.05) is 5.57 Å². The van der Waals surface area contributed by atoms with E-state index in [4.69, 9.17) is 9.47 Å². The van der Waals surface area contributed by atoms with E-state index in [9.17, 15) is 14.4 Å². The van der Waals surface area contributed by atoms with Gasteiger partial charge in [-0.1, -0.05) is 6.58 Å². The molecule has 0 amide bonds. The summed E-state index contributed by atoms with van der Waals surface area (Å²) in [5.41, 5.74) is 0.189. The first-order chi connectivity index (χ1) is 8.40. The molecule has 0 spiro atoms. The zero-order chi connectivity index (χ0) is 13.7. The number of esters is 3. The third-order valence-electron chi connectivity index (χ3n) is 2.36. The lowest BCUT2D eigenvalue weighted by Crippen LogP contribution is -2.37. The summed E-state index contributed by atoms with van der Waals surface area (Å²) in [5, 5.41) is 0. The number of rotatable bonds is 4. The Labute approximate surface area is 105 Å². The Hall–Kier alpha value is -1.85. The van der Waals surface area contributed by atoms with Crippen molar-refractivity contribution in [1.82, 2.24) is 0 Å².